The van der Waals surface area contributed by atoms with Crippen molar-refractivity contribution in [1.82, 2.24) is 0 Å². The van der Waals surface area contributed by atoms with E-state index in [-0.39, 0.29) is 23.7 Å². The van der Waals surface area contributed by atoms with Crippen LogP contribution in [0, 0.1) is 29.6 Å². The molecular weight excluding hydrogens is 180 g/mol. The Hall–Kier alpha value is -0.860. The first-order chi connectivity index (χ1) is 6.72. The molecule has 3 nitrogen and oxygen atoms in total. The highest BCUT2D eigenvalue weighted by Gasteiger charge is 2.62. The summed E-state index contributed by atoms with van der Waals surface area (Å²) in [5.74, 6) is 1.97. The summed E-state index contributed by atoms with van der Waals surface area (Å²) in [6, 6.07) is 0. The molecule has 0 aromatic carbocycles. The summed E-state index contributed by atoms with van der Waals surface area (Å²) < 4.78 is 4.75. The van der Waals surface area contributed by atoms with Gasteiger partial charge in [-0.05, 0) is 31.1 Å². The molecule has 5 atom stereocenters. The quantitative estimate of drug-likeness (QED) is 0.585. The second-order valence-electron chi connectivity index (χ2n) is 4.87. The number of Topliss-reactive ketones (excluding diaryl/α,β-unsaturated/α-hetero) is 1. The van der Waals surface area contributed by atoms with Crippen molar-refractivity contribution < 1.29 is 14.3 Å². The van der Waals surface area contributed by atoms with Gasteiger partial charge in [-0.3, -0.25) is 9.59 Å². The summed E-state index contributed by atoms with van der Waals surface area (Å²) in [6.07, 6.45) is 2.74. The number of rotatable bonds is 1. The molecule has 3 heteroatoms. The highest BCUT2D eigenvalue weighted by atomic mass is 16.5. The largest absolute Gasteiger partial charge is 0.469 e. The molecule has 0 amide bonds. The summed E-state index contributed by atoms with van der Waals surface area (Å²) in [5, 5.41) is 0. The monoisotopic (exact) mass is 194 g/mol. The van der Waals surface area contributed by atoms with Crippen molar-refractivity contribution >= 4 is 11.8 Å². The molecule has 2 bridgehead atoms. The van der Waals surface area contributed by atoms with Gasteiger partial charge in [0, 0.05) is 11.8 Å². The summed E-state index contributed by atoms with van der Waals surface area (Å²) in [6.45, 7) is 0. The van der Waals surface area contributed by atoms with Crippen molar-refractivity contribution in [1.29, 1.82) is 0 Å². The lowest BCUT2D eigenvalue weighted by atomic mass is 9.76. The van der Waals surface area contributed by atoms with Crippen LogP contribution in [0.2, 0.25) is 0 Å². The second-order valence-corrected chi connectivity index (χ2v) is 4.87. The Labute approximate surface area is 82.8 Å². The summed E-state index contributed by atoms with van der Waals surface area (Å²) in [7, 11) is 1.43. The normalized spacial score (nSPS) is 48.6. The molecule has 0 aromatic rings. The molecule has 3 saturated carbocycles. The van der Waals surface area contributed by atoms with E-state index >= 15 is 0 Å². The lowest BCUT2D eigenvalue weighted by Crippen LogP contribution is -2.33. The Bertz CT molecular complexity index is 290. The first-order valence-corrected chi connectivity index (χ1v) is 5.34. The number of methoxy groups -OCH3 is 1. The van der Waals surface area contributed by atoms with Gasteiger partial charge in [0.25, 0.3) is 0 Å². The molecule has 0 saturated heterocycles. The van der Waals surface area contributed by atoms with Crippen molar-refractivity contribution in [2.24, 2.45) is 29.6 Å². The standard InChI is InChI=1S/C11H14O3/c1-14-11(13)5-2-8-6-4-7(6)9(3-5)10(8)12/h5-9H,2-4H2,1H3/t5?,6?,7?,8-,9+. The van der Waals surface area contributed by atoms with E-state index < -0.39 is 0 Å². The van der Waals surface area contributed by atoms with Crippen molar-refractivity contribution in [3.63, 3.8) is 0 Å². The first-order valence-electron chi connectivity index (χ1n) is 5.34. The van der Waals surface area contributed by atoms with Crippen LogP contribution in [-0.4, -0.2) is 18.9 Å². The van der Waals surface area contributed by atoms with Crippen LogP contribution in [0.25, 0.3) is 0 Å². The number of fused-ring (bicyclic) bond motifs is 5. The molecule has 0 aromatic heterocycles. The van der Waals surface area contributed by atoms with Crippen molar-refractivity contribution in [2.75, 3.05) is 7.11 Å². The van der Waals surface area contributed by atoms with Crippen LogP contribution >= 0.6 is 0 Å². The Kier molecular flexibility index (Phi) is 1.56. The molecule has 3 aliphatic carbocycles. The van der Waals surface area contributed by atoms with E-state index in [1.54, 1.807) is 0 Å². The van der Waals surface area contributed by atoms with E-state index in [0.29, 0.717) is 17.6 Å². The molecule has 3 rings (SSSR count). The van der Waals surface area contributed by atoms with E-state index in [0.717, 1.165) is 12.8 Å². The van der Waals surface area contributed by atoms with E-state index in [1.165, 1.54) is 13.5 Å². The summed E-state index contributed by atoms with van der Waals surface area (Å²) in [4.78, 5) is 23.1. The average Bonchev–Trinajstić information content (AvgIpc) is 2.92. The third-order valence-corrected chi connectivity index (χ3v) is 4.27. The van der Waals surface area contributed by atoms with Crippen molar-refractivity contribution in [3.05, 3.63) is 0 Å². The molecule has 3 aliphatic rings. The Morgan fingerprint density at radius 3 is 2.29 bits per heavy atom. The topological polar surface area (TPSA) is 43.4 Å². The minimum atomic E-state index is -0.117. The molecule has 14 heavy (non-hydrogen) atoms. The number of carbonyl (C=O) groups is 2. The zero-order valence-corrected chi connectivity index (χ0v) is 8.23. The van der Waals surface area contributed by atoms with Gasteiger partial charge in [0.05, 0.1) is 13.0 Å². The van der Waals surface area contributed by atoms with Gasteiger partial charge in [0.2, 0.25) is 0 Å². The van der Waals surface area contributed by atoms with Gasteiger partial charge in [-0.15, -0.1) is 0 Å². The Balaban J connectivity index is 1.80. The van der Waals surface area contributed by atoms with Gasteiger partial charge >= 0.3 is 5.97 Å². The van der Waals surface area contributed by atoms with Crippen LogP contribution < -0.4 is 0 Å². The smallest absolute Gasteiger partial charge is 0.308 e. The Morgan fingerprint density at radius 1 is 1.21 bits per heavy atom. The zero-order chi connectivity index (χ0) is 9.87. The van der Waals surface area contributed by atoms with Crippen LogP contribution in [-0.2, 0) is 14.3 Å². The van der Waals surface area contributed by atoms with Gasteiger partial charge in [-0.2, -0.15) is 0 Å². The van der Waals surface area contributed by atoms with E-state index in [9.17, 15) is 9.59 Å². The van der Waals surface area contributed by atoms with Crippen LogP contribution in [0.4, 0.5) is 0 Å². The number of carbonyl (C=O) groups excluding carboxylic acids is 2. The van der Waals surface area contributed by atoms with Crippen molar-refractivity contribution in [2.45, 2.75) is 19.3 Å². The van der Waals surface area contributed by atoms with Gasteiger partial charge in [-0.25, -0.2) is 0 Å². The van der Waals surface area contributed by atoms with Crippen LogP contribution in [0.5, 0.6) is 0 Å². The maximum Gasteiger partial charge on any atom is 0.308 e. The van der Waals surface area contributed by atoms with Gasteiger partial charge in [-0.1, -0.05) is 0 Å². The fourth-order valence-corrected chi connectivity index (χ4v) is 3.51. The molecule has 76 valence electrons. The fraction of sp³-hybridized carbons (Fsp3) is 0.818. The second kappa shape index (κ2) is 2.59. The van der Waals surface area contributed by atoms with E-state index in [4.69, 9.17) is 4.74 Å². The van der Waals surface area contributed by atoms with Gasteiger partial charge in [0.15, 0.2) is 0 Å². The Morgan fingerprint density at radius 2 is 1.79 bits per heavy atom. The van der Waals surface area contributed by atoms with Crippen LogP contribution in [0.1, 0.15) is 19.3 Å². The average molecular weight is 194 g/mol. The number of ether oxygens (including phenoxy) is 1. The predicted octanol–water partition coefficient (Wildman–Crippen LogP) is 1.02. The highest BCUT2D eigenvalue weighted by Crippen LogP contribution is 2.62. The number of esters is 1. The van der Waals surface area contributed by atoms with Gasteiger partial charge < -0.3 is 4.74 Å². The third-order valence-electron chi connectivity index (χ3n) is 4.27. The summed E-state index contributed by atoms with van der Waals surface area (Å²) in [5.41, 5.74) is 0. The minimum absolute atomic E-state index is 0.000463. The first kappa shape index (κ1) is 8.45. The molecular formula is C11H14O3. The maximum atomic E-state index is 11.7. The third kappa shape index (κ3) is 0.928. The maximum absolute atomic E-state index is 11.7. The lowest BCUT2D eigenvalue weighted by molar-refractivity contribution is -0.149. The fourth-order valence-electron chi connectivity index (χ4n) is 3.51. The van der Waals surface area contributed by atoms with Crippen LogP contribution in [0.3, 0.4) is 0 Å². The van der Waals surface area contributed by atoms with Crippen molar-refractivity contribution in [3.8, 4) is 0 Å². The molecule has 0 spiro atoms. The SMILES string of the molecule is COC(=O)C1C[C@@H]2C(=O)[C@H](C1)C1CC12. The predicted molar refractivity (Wildman–Crippen MR) is 48.3 cm³/mol. The highest BCUT2D eigenvalue weighted by molar-refractivity contribution is 5.90. The summed E-state index contributed by atoms with van der Waals surface area (Å²) >= 11 is 0. The molecule has 0 N–H and O–H groups in total. The lowest BCUT2D eigenvalue weighted by Gasteiger charge is -2.27. The minimum Gasteiger partial charge on any atom is -0.469 e. The number of hydrogen-bond acceptors (Lipinski definition) is 3. The molecule has 3 unspecified atom stereocenters. The van der Waals surface area contributed by atoms with Gasteiger partial charge in [0.1, 0.15) is 5.78 Å². The molecule has 0 aliphatic heterocycles. The van der Waals surface area contributed by atoms with Crippen LogP contribution in [0.15, 0.2) is 0 Å². The molecule has 3 fully saturated rings. The number of ketones is 1. The molecule has 0 radical (unpaired) electrons. The molecule has 0 heterocycles. The zero-order valence-electron chi connectivity index (χ0n) is 8.23. The van der Waals surface area contributed by atoms with E-state index in [2.05, 4.69) is 0 Å². The number of hydrogen-bond donors (Lipinski definition) is 0. The van der Waals surface area contributed by atoms with E-state index in [1.807, 2.05) is 0 Å².